The van der Waals surface area contributed by atoms with E-state index in [1.54, 1.807) is 0 Å². The number of nitrogens with zero attached hydrogens (tertiary/aromatic N) is 1. The molecule has 0 bridgehead atoms. The van der Waals surface area contributed by atoms with Gasteiger partial charge in [0.25, 0.3) is 5.91 Å². The topological polar surface area (TPSA) is 53.5 Å². The minimum absolute atomic E-state index is 0.156. The van der Waals surface area contributed by atoms with Crippen LogP contribution < -0.4 is 10.6 Å². The van der Waals surface area contributed by atoms with Gasteiger partial charge in [-0.15, -0.1) is 0 Å². The van der Waals surface area contributed by atoms with E-state index in [0.29, 0.717) is 5.92 Å². The zero-order valence-corrected chi connectivity index (χ0v) is 11.0. The minimum atomic E-state index is -0.424. The molecule has 0 unspecified atom stereocenters. The number of carbonyl (C=O) groups excluding carboxylic acids is 1. The highest BCUT2D eigenvalue weighted by Gasteiger charge is 2.45. The van der Waals surface area contributed by atoms with E-state index in [-0.39, 0.29) is 5.91 Å². The van der Waals surface area contributed by atoms with Crippen molar-refractivity contribution in [1.29, 1.82) is 0 Å². The average Bonchev–Trinajstić information content (AvgIpc) is 2.62. The molecule has 4 heteroatoms. The predicted octanol–water partition coefficient (Wildman–Crippen LogP) is 1.61. The SMILES string of the molecule is O=C1NC(C2CCCCCC2)=NC12CCNCC2. The summed E-state index contributed by atoms with van der Waals surface area (Å²) < 4.78 is 0. The third-order valence-electron chi connectivity index (χ3n) is 4.67. The molecule has 2 fully saturated rings. The standard InChI is InChI=1S/C14H23N3O/c18-13-14(7-9-15-10-8-14)17-12(16-13)11-5-3-1-2-4-6-11/h11,15H,1-10H2,(H,16,17,18). The Bertz CT molecular complexity index is 350. The van der Waals surface area contributed by atoms with Gasteiger partial charge in [-0.2, -0.15) is 0 Å². The highest BCUT2D eigenvalue weighted by molar-refractivity contribution is 6.09. The summed E-state index contributed by atoms with van der Waals surface area (Å²) in [6, 6.07) is 0. The fourth-order valence-electron chi connectivity index (χ4n) is 3.47. The van der Waals surface area contributed by atoms with Gasteiger partial charge in [0.15, 0.2) is 0 Å². The zero-order valence-electron chi connectivity index (χ0n) is 11.0. The van der Waals surface area contributed by atoms with E-state index in [0.717, 1.165) is 31.8 Å². The van der Waals surface area contributed by atoms with Crippen LogP contribution >= 0.6 is 0 Å². The zero-order chi connectivity index (χ0) is 12.4. The molecule has 0 radical (unpaired) electrons. The molecule has 1 saturated heterocycles. The van der Waals surface area contributed by atoms with E-state index in [4.69, 9.17) is 4.99 Å². The number of amides is 1. The maximum atomic E-state index is 12.2. The summed E-state index contributed by atoms with van der Waals surface area (Å²) in [6.07, 6.45) is 9.37. The number of carbonyl (C=O) groups is 1. The predicted molar refractivity (Wildman–Crippen MR) is 71.6 cm³/mol. The van der Waals surface area contributed by atoms with Gasteiger partial charge < -0.3 is 10.6 Å². The summed E-state index contributed by atoms with van der Waals surface area (Å²) in [5.74, 6) is 1.66. The van der Waals surface area contributed by atoms with Crippen molar-refractivity contribution < 1.29 is 4.79 Å². The molecule has 4 nitrogen and oxygen atoms in total. The lowest BCUT2D eigenvalue weighted by atomic mass is 9.89. The summed E-state index contributed by atoms with van der Waals surface area (Å²) >= 11 is 0. The first-order valence-corrected chi connectivity index (χ1v) is 7.42. The van der Waals surface area contributed by atoms with Gasteiger partial charge in [-0.3, -0.25) is 9.79 Å². The molecule has 2 heterocycles. The average molecular weight is 249 g/mol. The number of amidine groups is 1. The molecule has 1 spiro atoms. The van der Waals surface area contributed by atoms with Gasteiger partial charge in [-0.1, -0.05) is 25.7 Å². The van der Waals surface area contributed by atoms with Crippen molar-refractivity contribution in [3.8, 4) is 0 Å². The van der Waals surface area contributed by atoms with Crippen LogP contribution in [-0.4, -0.2) is 30.4 Å². The molecular formula is C14H23N3O. The number of nitrogens with one attached hydrogen (secondary N) is 2. The Kier molecular flexibility index (Phi) is 3.37. The second-order valence-corrected chi connectivity index (χ2v) is 5.92. The van der Waals surface area contributed by atoms with E-state index in [1.165, 1.54) is 38.5 Å². The van der Waals surface area contributed by atoms with Crippen LogP contribution in [0.3, 0.4) is 0 Å². The summed E-state index contributed by atoms with van der Waals surface area (Å²) in [4.78, 5) is 17.1. The Morgan fingerprint density at radius 1 is 1.06 bits per heavy atom. The van der Waals surface area contributed by atoms with Crippen LogP contribution in [0.15, 0.2) is 4.99 Å². The van der Waals surface area contributed by atoms with Crippen molar-refractivity contribution in [2.45, 2.75) is 56.9 Å². The molecular weight excluding hydrogens is 226 g/mol. The summed E-state index contributed by atoms with van der Waals surface area (Å²) in [5.41, 5.74) is -0.424. The second-order valence-electron chi connectivity index (χ2n) is 5.92. The Morgan fingerprint density at radius 3 is 2.39 bits per heavy atom. The molecule has 2 aliphatic heterocycles. The summed E-state index contributed by atoms with van der Waals surface area (Å²) in [5, 5.41) is 6.41. The normalized spacial score (nSPS) is 28.9. The fourth-order valence-corrected chi connectivity index (χ4v) is 3.47. The number of piperidine rings is 1. The van der Waals surface area contributed by atoms with Gasteiger partial charge in [0.1, 0.15) is 11.4 Å². The van der Waals surface area contributed by atoms with E-state index < -0.39 is 5.54 Å². The molecule has 1 aliphatic carbocycles. The quantitative estimate of drug-likeness (QED) is 0.694. The Morgan fingerprint density at radius 2 is 1.72 bits per heavy atom. The molecule has 1 amide bonds. The second kappa shape index (κ2) is 5.00. The van der Waals surface area contributed by atoms with Crippen molar-refractivity contribution in [2.75, 3.05) is 13.1 Å². The molecule has 0 aromatic heterocycles. The maximum Gasteiger partial charge on any atom is 0.253 e. The van der Waals surface area contributed by atoms with E-state index in [2.05, 4.69) is 10.6 Å². The fraction of sp³-hybridized carbons (Fsp3) is 0.857. The van der Waals surface area contributed by atoms with Gasteiger partial charge in [0, 0.05) is 5.92 Å². The molecule has 2 N–H and O–H groups in total. The van der Waals surface area contributed by atoms with E-state index in [9.17, 15) is 4.79 Å². The third kappa shape index (κ3) is 2.18. The van der Waals surface area contributed by atoms with Gasteiger partial charge >= 0.3 is 0 Å². The largest absolute Gasteiger partial charge is 0.317 e. The van der Waals surface area contributed by atoms with Crippen molar-refractivity contribution in [3.05, 3.63) is 0 Å². The smallest absolute Gasteiger partial charge is 0.253 e. The van der Waals surface area contributed by atoms with Crippen molar-refractivity contribution in [1.82, 2.24) is 10.6 Å². The Balaban J connectivity index is 1.76. The minimum Gasteiger partial charge on any atom is -0.317 e. The lowest BCUT2D eigenvalue weighted by molar-refractivity contribution is -0.124. The molecule has 100 valence electrons. The molecule has 3 rings (SSSR count). The Labute approximate surface area is 109 Å². The molecule has 0 aromatic rings. The van der Waals surface area contributed by atoms with E-state index in [1.807, 2.05) is 0 Å². The molecule has 0 atom stereocenters. The summed E-state index contributed by atoms with van der Waals surface area (Å²) in [7, 11) is 0. The van der Waals surface area contributed by atoms with Gasteiger partial charge in [0.05, 0.1) is 0 Å². The number of rotatable bonds is 1. The van der Waals surface area contributed by atoms with Crippen LogP contribution in [0, 0.1) is 5.92 Å². The highest BCUT2D eigenvalue weighted by Crippen LogP contribution is 2.31. The summed E-state index contributed by atoms with van der Waals surface area (Å²) in [6.45, 7) is 1.82. The first-order chi connectivity index (χ1) is 8.80. The van der Waals surface area contributed by atoms with Gasteiger partial charge in [-0.25, -0.2) is 0 Å². The van der Waals surface area contributed by atoms with Crippen molar-refractivity contribution >= 4 is 11.7 Å². The van der Waals surface area contributed by atoms with Crippen LogP contribution in [0.4, 0.5) is 0 Å². The number of aliphatic imine (C=N–C) groups is 1. The highest BCUT2D eigenvalue weighted by atomic mass is 16.2. The lowest BCUT2D eigenvalue weighted by Gasteiger charge is -2.28. The van der Waals surface area contributed by atoms with Crippen LogP contribution in [-0.2, 0) is 4.79 Å². The van der Waals surface area contributed by atoms with E-state index >= 15 is 0 Å². The molecule has 3 aliphatic rings. The van der Waals surface area contributed by atoms with Crippen LogP contribution in [0.2, 0.25) is 0 Å². The van der Waals surface area contributed by atoms with Crippen LogP contribution in [0.5, 0.6) is 0 Å². The van der Waals surface area contributed by atoms with Crippen molar-refractivity contribution in [3.63, 3.8) is 0 Å². The van der Waals surface area contributed by atoms with Crippen LogP contribution in [0.1, 0.15) is 51.4 Å². The van der Waals surface area contributed by atoms with Crippen molar-refractivity contribution in [2.24, 2.45) is 10.9 Å². The number of hydrogen-bond donors (Lipinski definition) is 2. The molecule has 0 aromatic carbocycles. The maximum absolute atomic E-state index is 12.2. The molecule has 1 saturated carbocycles. The first-order valence-electron chi connectivity index (χ1n) is 7.42. The monoisotopic (exact) mass is 249 g/mol. The lowest BCUT2D eigenvalue weighted by Crippen LogP contribution is -2.47. The Hall–Kier alpha value is -0.900. The third-order valence-corrected chi connectivity index (χ3v) is 4.67. The number of hydrogen-bond acceptors (Lipinski definition) is 3. The van der Waals surface area contributed by atoms with Gasteiger partial charge in [0.2, 0.25) is 0 Å². The van der Waals surface area contributed by atoms with Crippen LogP contribution in [0.25, 0.3) is 0 Å². The first kappa shape index (κ1) is 12.2. The van der Waals surface area contributed by atoms with Gasteiger partial charge in [-0.05, 0) is 38.8 Å². The molecule has 18 heavy (non-hydrogen) atoms.